The maximum Gasteiger partial charge on any atom is 0.307 e. The Hall–Kier alpha value is -1.39. The summed E-state index contributed by atoms with van der Waals surface area (Å²) in [5, 5.41) is 17.5. The summed E-state index contributed by atoms with van der Waals surface area (Å²) >= 11 is 0. The molecule has 5 heteroatoms. The number of hydrogen-bond donors (Lipinski definition) is 2. The molecule has 0 aromatic heterocycles. The maximum absolute atomic E-state index is 11.2. The number of ketones is 1. The monoisotopic (exact) mass is 200 g/mol. The van der Waals surface area contributed by atoms with Crippen molar-refractivity contribution in [3.63, 3.8) is 0 Å². The number of Topliss-reactive ketones (excluding diaryl/α,β-unsaturated/α-hetero) is 1. The summed E-state index contributed by atoms with van der Waals surface area (Å²) in [6.45, 7) is 1.64. The molecule has 1 aliphatic carbocycles. The van der Waals surface area contributed by atoms with Crippen LogP contribution in [-0.2, 0) is 14.4 Å². The third-order valence-corrected chi connectivity index (χ3v) is 2.70. The molecule has 0 aromatic carbocycles. The zero-order valence-corrected chi connectivity index (χ0v) is 7.77. The van der Waals surface area contributed by atoms with Crippen molar-refractivity contribution in [3.05, 3.63) is 0 Å². The van der Waals surface area contributed by atoms with Crippen LogP contribution >= 0.6 is 0 Å². The van der Waals surface area contributed by atoms with Gasteiger partial charge in [-0.05, 0) is 6.42 Å². The van der Waals surface area contributed by atoms with Crippen LogP contribution in [-0.4, -0.2) is 27.9 Å². The van der Waals surface area contributed by atoms with Gasteiger partial charge in [0.05, 0.1) is 11.8 Å². The Balaban J connectivity index is 2.85. The van der Waals surface area contributed by atoms with E-state index < -0.39 is 23.8 Å². The Morgan fingerprint density at radius 1 is 1.21 bits per heavy atom. The van der Waals surface area contributed by atoms with Crippen LogP contribution in [0.5, 0.6) is 0 Å². The first kappa shape index (κ1) is 10.7. The molecule has 0 saturated heterocycles. The SMILES string of the molecule is C[C@@H]1C[C@@H](C(=O)O)[C@H](C(=O)O)CC1=O. The summed E-state index contributed by atoms with van der Waals surface area (Å²) in [6.07, 6.45) is -0.0292. The maximum atomic E-state index is 11.2. The summed E-state index contributed by atoms with van der Waals surface area (Å²) in [6, 6.07) is 0. The molecule has 0 amide bonds. The molecule has 0 aromatic rings. The van der Waals surface area contributed by atoms with E-state index in [1.165, 1.54) is 0 Å². The fourth-order valence-corrected chi connectivity index (χ4v) is 1.77. The summed E-state index contributed by atoms with van der Waals surface area (Å²) < 4.78 is 0. The molecule has 14 heavy (non-hydrogen) atoms. The zero-order chi connectivity index (χ0) is 10.9. The van der Waals surface area contributed by atoms with E-state index in [4.69, 9.17) is 10.2 Å². The first-order valence-corrected chi connectivity index (χ1v) is 4.41. The molecule has 0 heterocycles. The number of carboxylic acid groups (broad SMARTS) is 2. The quantitative estimate of drug-likeness (QED) is 0.672. The van der Waals surface area contributed by atoms with Crippen molar-refractivity contribution in [2.24, 2.45) is 17.8 Å². The van der Waals surface area contributed by atoms with Crippen molar-refractivity contribution in [1.82, 2.24) is 0 Å². The van der Waals surface area contributed by atoms with Gasteiger partial charge in [-0.25, -0.2) is 0 Å². The van der Waals surface area contributed by atoms with Gasteiger partial charge in [0.15, 0.2) is 0 Å². The first-order chi connectivity index (χ1) is 6.43. The molecular weight excluding hydrogens is 188 g/mol. The molecular formula is C9H12O5. The molecule has 78 valence electrons. The van der Waals surface area contributed by atoms with Gasteiger partial charge in [-0.1, -0.05) is 6.92 Å². The fraction of sp³-hybridized carbons (Fsp3) is 0.667. The van der Waals surface area contributed by atoms with Gasteiger partial charge in [-0.3, -0.25) is 14.4 Å². The van der Waals surface area contributed by atoms with Gasteiger partial charge in [0.2, 0.25) is 0 Å². The lowest BCUT2D eigenvalue weighted by molar-refractivity contribution is -0.158. The van der Waals surface area contributed by atoms with E-state index >= 15 is 0 Å². The Kier molecular flexibility index (Phi) is 2.88. The largest absolute Gasteiger partial charge is 0.481 e. The lowest BCUT2D eigenvalue weighted by Crippen LogP contribution is -2.39. The van der Waals surface area contributed by atoms with E-state index in [1.807, 2.05) is 0 Å². The molecule has 3 atom stereocenters. The number of carbonyl (C=O) groups is 3. The topological polar surface area (TPSA) is 91.7 Å². The zero-order valence-electron chi connectivity index (χ0n) is 7.77. The number of aliphatic carboxylic acids is 2. The molecule has 0 unspecified atom stereocenters. The normalized spacial score (nSPS) is 32.6. The number of carbonyl (C=O) groups excluding carboxylic acids is 1. The molecule has 1 rings (SSSR count). The van der Waals surface area contributed by atoms with Crippen molar-refractivity contribution < 1.29 is 24.6 Å². The minimum atomic E-state index is -1.20. The minimum Gasteiger partial charge on any atom is -0.481 e. The third kappa shape index (κ3) is 1.92. The van der Waals surface area contributed by atoms with Gasteiger partial charge in [-0.15, -0.1) is 0 Å². The van der Waals surface area contributed by atoms with Gasteiger partial charge in [-0.2, -0.15) is 0 Å². The van der Waals surface area contributed by atoms with Crippen LogP contribution in [0.2, 0.25) is 0 Å². The second-order valence-corrected chi connectivity index (χ2v) is 3.70. The predicted octanol–water partition coefficient (Wildman–Crippen LogP) is 0.387. The number of hydrogen-bond acceptors (Lipinski definition) is 3. The van der Waals surface area contributed by atoms with E-state index in [9.17, 15) is 14.4 Å². The Bertz CT molecular complexity index is 283. The highest BCUT2D eigenvalue weighted by Crippen LogP contribution is 2.31. The average molecular weight is 200 g/mol. The van der Waals surface area contributed by atoms with E-state index in [-0.39, 0.29) is 24.5 Å². The summed E-state index contributed by atoms with van der Waals surface area (Å²) in [5.41, 5.74) is 0. The molecule has 0 radical (unpaired) electrons. The fourth-order valence-electron chi connectivity index (χ4n) is 1.77. The minimum absolute atomic E-state index is 0.130. The van der Waals surface area contributed by atoms with Gasteiger partial charge in [0.25, 0.3) is 0 Å². The molecule has 0 spiro atoms. The smallest absolute Gasteiger partial charge is 0.307 e. The number of rotatable bonds is 2. The van der Waals surface area contributed by atoms with Gasteiger partial charge in [0.1, 0.15) is 5.78 Å². The van der Waals surface area contributed by atoms with Crippen molar-refractivity contribution in [3.8, 4) is 0 Å². The van der Waals surface area contributed by atoms with Crippen molar-refractivity contribution >= 4 is 17.7 Å². The van der Waals surface area contributed by atoms with Gasteiger partial charge < -0.3 is 10.2 Å². The lowest BCUT2D eigenvalue weighted by atomic mass is 9.74. The Labute approximate surface area is 80.7 Å². The molecule has 2 N–H and O–H groups in total. The second-order valence-electron chi connectivity index (χ2n) is 3.70. The first-order valence-electron chi connectivity index (χ1n) is 4.41. The molecule has 0 bridgehead atoms. The second kappa shape index (κ2) is 3.77. The highest BCUT2D eigenvalue weighted by Gasteiger charge is 2.41. The van der Waals surface area contributed by atoms with Crippen LogP contribution in [0.3, 0.4) is 0 Å². The molecule has 1 fully saturated rings. The average Bonchev–Trinajstić information content (AvgIpc) is 2.08. The molecule has 1 aliphatic rings. The third-order valence-electron chi connectivity index (χ3n) is 2.70. The standard InChI is InChI=1S/C9H12O5/c1-4-2-5(8(11)12)6(9(13)14)3-7(4)10/h4-6H,2-3H2,1H3,(H,11,12)(H,13,14)/t4-,5-,6-/m1/s1. The van der Waals surface area contributed by atoms with Crippen molar-refractivity contribution in [1.29, 1.82) is 0 Å². The lowest BCUT2D eigenvalue weighted by Gasteiger charge is -2.28. The van der Waals surface area contributed by atoms with Crippen LogP contribution < -0.4 is 0 Å². The van der Waals surface area contributed by atoms with E-state index in [2.05, 4.69) is 0 Å². The highest BCUT2D eigenvalue weighted by molar-refractivity contribution is 5.90. The Morgan fingerprint density at radius 3 is 2.14 bits per heavy atom. The molecule has 1 saturated carbocycles. The van der Waals surface area contributed by atoms with Gasteiger partial charge in [0, 0.05) is 12.3 Å². The van der Waals surface area contributed by atoms with Crippen LogP contribution in [0.25, 0.3) is 0 Å². The van der Waals surface area contributed by atoms with E-state index in [0.717, 1.165) is 0 Å². The molecule has 0 aliphatic heterocycles. The van der Waals surface area contributed by atoms with Crippen LogP contribution in [0.1, 0.15) is 19.8 Å². The van der Waals surface area contributed by atoms with Gasteiger partial charge >= 0.3 is 11.9 Å². The van der Waals surface area contributed by atoms with Crippen LogP contribution in [0.15, 0.2) is 0 Å². The van der Waals surface area contributed by atoms with E-state index in [0.29, 0.717) is 0 Å². The van der Waals surface area contributed by atoms with E-state index in [1.54, 1.807) is 6.92 Å². The highest BCUT2D eigenvalue weighted by atomic mass is 16.4. The predicted molar refractivity (Wildman–Crippen MR) is 45.7 cm³/mol. The summed E-state index contributed by atoms with van der Waals surface area (Å²) in [5.74, 6) is -4.81. The molecule has 5 nitrogen and oxygen atoms in total. The summed E-state index contributed by atoms with van der Waals surface area (Å²) in [4.78, 5) is 32.7. The number of carboxylic acids is 2. The van der Waals surface area contributed by atoms with Crippen LogP contribution in [0.4, 0.5) is 0 Å². The van der Waals surface area contributed by atoms with Crippen molar-refractivity contribution in [2.45, 2.75) is 19.8 Å². The summed E-state index contributed by atoms with van der Waals surface area (Å²) in [7, 11) is 0. The van der Waals surface area contributed by atoms with Crippen LogP contribution in [0, 0.1) is 17.8 Å². The van der Waals surface area contributed by atoms with Crippen molar-refractivity contribution in [2.75, 3.05) is 0 Å². The Morgan fingerprint density at radius 2 is 1.71 bits per heavy atom.